The van der Waals surface area contributed by atoms with E-state index in [-0.39, 0.29) is 24.1 Å². The van der Waals surface area contributed by atoms with Gasteiger partial charge in [-0.3, -0.25) is 4.99 Å². The van der Waals surface area contributed by atoms with Crippen LogP contribution in [0.4, 0.5) is 0 Å². The fourth-order valence-electron chi connectivity index (χ4n) is 3.04. The molecule has 146 valence electrons. The van der Waals surface area contributed by atoms with E-state index in [2.05, 4.69) is 44.8 Å². The van der Waals surface area contributed by atoms with Crippen LogP contribution in [-0.2, 0) is 18.8 Å². The van der Waals surface area contributed by atoms with Crippen molar-refractivity contribution in [3.05, 3.63) is 48.4 Å². The van der Waals surface area contributed by atoms with Crippen molar-refractivity contribution in [3.63, 3.8) is 0 Å². The topological polar surface area (TPSA) is 49.3 Å². The average Bonchev–Trinajstić information content (AvgIpc) is 3.17. The van der Waals surface area contributed by atoms with Gasteiger partial charge in [-0.15, -0.1) is 0 Å². The van der Waals surface area contributed by atoms with Crippen LogP contribution in [0.25, 0.3) is 0 Å². The van der Waals surface area contributed by atoms with E-state index in [0.29, 0.717) is 12.5 Å². The molecule has 0 aliphatic carbocycles. The maximum Gasteiger partial charge on any atom is 0.469 e. The lowest BCUT2D eigenvalue weighted by atomic mass is 9.71. The first-order valence-corrected chi connectivity index (χ1v) is 9.68. The van der Waals surface area contributed by atoms with Crippen molar-refractivity contribution in [3.8, 4) is 0 Å². The molecule has 0 aromatic rings. The van der Waals surface area contributed by atoms with E-state index in [4.69, 9.17) is 18.8 Å². The average molecular weight is 371 g/mol. The third kappa shape index (κ3) is 5.21. The summed E-state index contributed by atoms with van der Waals surface area (Å²) >= 11 is 0. The molecule has 0 aromatic carbocycles. The molecular formula is C21H30BNO4. The zero-order valence-corrected chi connectivity index (χ0v) is 16.8. The fraction of sp³-hybridized carbons (Fsp3) is 0.571. The number of hydrogen-bond donors (Lipinski definition) is 0. The van der Waals surface area contributed by atoms with Gasteiger partial charge >= 0.3 is 7.12 Å². The summed E-state index contributed by atoms with van der Waals surface area (Å²) in [4.78, 5) is 4.29. The summed E-state index contributed by atoms with van der Waals surface area (Å²) in [6, 6.07) is 0. The van der Waals surface area contributed by atoms with E-state index in [1.165, 1.54) is 0 Å². The molecule has 2 unspecified atom stereocenters. The van der Waals surface area contributed by atoms with Crippen molar-refractivity contribution in [2.75, 3.05) is 19.8 Å². The fourth-order valence-corrected chi connectivity index (χ4v) is 3.04. The van der Waals surface area contributed by atoms with Crippen LogP contribution in [0.5, 0.6) is 0 Å². The maximum atomic E-state index is 6.20. The number of rotatable bonds is 4. The van der Waals surface area contributed by atoms with Crippen LogP contribution in [0, 0.1) is 5.92 Å². The number of nitrogens with zero attached hydrogens (tertiary/aromatic N) is 1. The van der Waals surface area contributed by atoms with Crippen molar-refractivity contribution in [2.45, 2.75) is 51.1 Å². The Morgan fingerprint density at radius 1 is 1.11 bits per heavy atom. The van der Waals surface area contributed by atoms with Crippen LogP contribution in [0.2, 0.25) is 5.82 Å². The molecular weight excluding hydrogens is 341 g/mol. The van der Waals surface area contributed by atoms with Crippen LogP contribution in [0.1, 0.15) is 34.1 Å². The summed E-state index contributed by atoms with van der Waals surface area (Å²) < 4.78 is 23.7. The van der Waals surface area contributed by atoms with Crippen LogP contribution >= 0.6 is 0 Å². The predicted molar refractivity (Wildman–Crippen MR) is 109 cm³/mol. The largest absolute Gasteiger partial charge is 0.492 e. The highest BCUT2D eigenvalue weighted by molar-refractivity contribution is 6.49. The van der Waals surface area contributed by atoms with Gasteiger partial charge in [-0.1, -0.05) is 24.3 Å². The van der Waals surface area contributed by atoms with Gasteiger partial charge in [0.05, 0.1) is 30.6 Å². The van der Waals surface area contributed by atoms with E-state index in [1.807, 2.05) is 24.3 Å². The Kier molecular flexibility index (Phi) is 6.40. The van der Waals surface area contributed by atoms with Crippen LogP contribution in [0.15, 0.2) is 53.4 Å². The number of hydrogen-bond acceptors (Lipinski definition) is 5. The summed E-state index contributed by atoms with van der Waals surface area (Å²) in [6.07, 6.45) is 16.5. The van der Waals surface area contributed by atoms with Gasteiger partial charge in [0, 0.05) is 24.5 Å². The highest BCUT2D eigenvalue weighted by Gasteiger charge is 2.52. The van der Waals surface area contributed by atoms with Crippen LogP contribution < -0.4 is 0 Å². The molecule has 0 amide bonds. The molecule has 2 saturated heterocycles. The molecule has 3 aliphatic rings. The molecule has 5 nitrogen and oxygen atoms in total. The zero-order valence-electron chi connectivity index (χ0n) is 16.8. The normalized spacial score (nSPS) is 35.1. The Hall–Kier alpha value is -1.63. The van der Waals surface area contributed by atoms with E-state index in [1.54, 1.807) is 12.4 Å². The first-order valence-electron chi connectivity index (χ1n) is 9.68. The first-order chi connectivity index (χ1) is 12.9. The molecule has 0 bridgehead atoms. The standard InChI is InChI=1S/C21H30BNO4/c1-20(2)21(3,4)27-22(26-20)18-8-5-6-12-23-14-19(10-7-9-18)25-16-17-11-13-24-15-17/h5-10,12,14,17-18H,11,13,15-16H2,1-4H3/b8-5?,9-7+,12-6+,19-10+,23-14+. The summed E-state index contributed by atoms with van der Waals surface area (Å²) in [5.74, 6) is 1.18. The van der Waals surface area contributed by atoms with Crippen molar-refractivity contribution < 1.29 is 18.8 Å². The van der Waals surface area contributed by atoms with Gasteiger partial charge in [-0.25, -0.2) is 0 Å². The molecule has 0 N–H and O–H groups in total. The molecule has 3 aliphatic heterocycles. The summed E-state index contributed by atoms with van der Waals surface area (Å²) in [5, 5.41) is 0. The van der Waals surface area contributed by atoms with E-state index in [9.17, 15) is 0 Å². The Bertz CT molecular complexity index is 641. The van der Waals surface area contributed by atoms with E-state index < -0.39 is 0 Å². The molecule has 27 heavy (non-hydrogen) atoms. The Labute approximate surface area is 163 Å². The monoisotopic (exact) mass is 371 g/mol. The molecule has 0 spiro atoms. The quantitative estimate of drug-likeness (QED) is 0.699. The molecule has 2 atom stereocenters. The van der Waals surface area contributed by atoms with Gasteiger partial charge in [0.25, 0.3) is 0 Å². The van der Waals surface area contributed by atoms with Crippen molar-refractivity contribution in [2.24, 2.45) is 10.9 Å². The van der Waals surface area contributed by atoms with Gasteiger partial charge in [0.2, 0.25) is 0 Å². The lowest BCUT2D eigenvalue weighted by Crippen LogP contribution is -2.41. The first kappa shape index (κ1) is 20.1. The van der Waals surface area contributed by atoms with Gasteiger partial charge in [0.1, 0.15) is 5.76 Å². The summed E-state index contributed by atoms with van der Waals surface area (Å²) in [6.45, 7) is 10.5. The van der Waals surface area contributed by atoms with E-state index in [0.717, 1.165) is 25.4 Å². The SMILES string of the molecule is CC1(C)OB(C2C=C/C=C/N=C/C(OCC3CCOC3)=C\C=C\2)OC1(C)C. The maximum absolute atomic E-state index is 6.20. The molecule has 3 rings (SSSR count). The Balaban J connectivity index is 1.70. The predicted octanol–water partition coefficient (Wildman–Crippen LogP) is 4.10. The summed E-state index contributed by atoms with van der Waals surface area (Å²) in [7, 11) is -0.328. The van der Waals surface area contributed by atoms with Gasteiger partial charge in [-0.2, -0.15) is 0 Å². The minimum absolute atomic E-state index is 0.00506. The zero-order chi connectivity index (χ0) is 19.3. The van der Waals surface area contributed by atoms with Crippen LogP contribution in [-0.4, -0.2) is 44.4 Å². The van der Waals surface area contributed by atoms with Crippen molar-refractivity contribution in [1.82, 2.24) is 0 Å². The molecule has 6 heteroatoms. The summed E-state index contributed by atoms with van der Waals surface area (Å²) in [5.41, 5.74) is -0.698. The highest BCUT2D eigenvalue weighted by atomic mass is 16.7. The van der Waals surface area contributed by atoms with Crippen molar-refractivity contribution >= 4 is 13.3 Å². The Morgan fingerprint density at radius 2 is 1.85 bits per heavy atom. The highest BCUT2D eigenvalue weighted by Crippen LogP contribution is 2.40. The van der Waals surface area contributed by atoms with Gasteiger partial charge < -0.3 is 18.8 Å². The second-order valence-corrected chi connectivity index (χ2v) is 8.20. The third-order valence-corrected chi connectivity index (χ3v) is 5.51. The molecule has 0 radical (unpaired) electrons. The second-order valence-electron chi connectivity index (χ2n) is 8.20. The lowest BCUT2D eigenvalue weighted by molar-refractivity contribution is 0.00578. The second kappa shape index (κ2) is 8.59. The molecule has 0 aromatic heterocycles. The minimum Gasteiger partial charge on any atom is -0.492 e. The lowest BCUT2D eigenvalue weighted by Gasteiger charge is -2.32. The molecule has 0 saturated carbocycles. The molecule has 2 fully saturated rings. The van der Waals surface area contributed by atoms with Gasteiger partial charge in [-0.05, 0) is 46.3 Å². The van der Waals surface area contributed by atoms with Gasteiger partial charge in [0.15, 0.2) is 0 Å². The number of ether oxygens (including phenoxy) is 2. The minimum atomic E-state index is -0.349. The van der Waals surface area contributed by atoms with Crippen LogP contribution in [0.3, 0.4) is 0 Å². The third-order valence-electron chi connectivity index (χ3n) is 5.51. The Morgan fingerprint density at radius 3 is 2.56 bits per heavy atom. The molecule has 3 heterocycles. The number of allylic oxidation sites excluding steroid dienone is 7. The smallest absolute Gasteiger partial charge is 0.469 e. The number of aliphatic imine (C=N–C) groups is 1. The van der Waals surface area contributed by atoms with E-state index >= 15 is 0 Å². The van der Waals surface area contributed by atoms with Crippen molar-refractivity contribution in [1.29, 1.82) is 0 Å².